The standard InChI is InChI=1S/C14H14N/c1-3-7-13(8-4-1)11-12-15-14-9-5-2-6-10-14/h1-9,15H,11-12H2. The smallest absolute Gasteiger partial charge is 0.0420 e. The fourth-order valence-corrected chi connectivity index (χ4v) is 1.49. The Morgan fingerprint density at radius 2 is 1.73 bits per heavy atom. The zero-order valence-electron chi connectivity index (χ0n) is 8.61. The van der Waals surface area contributed by atoms with Crippen LogP contribution < -0.4 is 5.32 Å². The van der Waals surface area contributed by atoms with Crippen LogP contribution in [0.15, 0.2) is 54.6 Å². The molecule has 0 spiro atoms. The molecule has 0 amide bonds. The van der Waals surface area contributed by atoms with Gasteiger partial charge in [0.25, 0.3) is 0 Å². The highest BCUT2D eigenvalue weighted by Crippen LogP contribution is 2.05. The van der Waals surface area contributed by atoms with Crippen LogP contribution in [0, 0.1) is 6.07 Å². The maximum absolute atomic E-state index is 3.34. The first-order valence-electron chi connectivity index (χ1n) is 5.20. The second-order valence-corrected chi connectivity index (χ2v) is 3.44. The Labute approximate surface area is 90.8 Å². The van der Waals surface area contributed by atoms with E-state index in [0.29, 0.717) is 0 Å². The molecule has 15 heavy (non-hydrogen) atoms. The van der Waals surface area contributed by atoms with Gasteiger partial charge in [0.15, 0.2) is 0 Å². The third kappa shape index (κ3) is 3.13. The van der Waals surface area contributed by atoms with Crippen molar-refractivity contribution in [3.8, 4) is 0 Å². The third-order valence-corrected chi connectivity index (χ3v) is 2.28. The topological polar surface area (TPSA) is 12.0 Å². The zero-order chi connectivity index (χ0) is 10.3. The van der Waals surface area contributed by atoms with Gasteiger partial charge in [0, 0.05) is 18.3 Å². The van der Waals surface area contributed by atoms with Crippen molar-refractivity contribution in [3.05, 3.63) is 66.2 Å². The first-order chi connectivity index (χ1) is 7.45. The van der Waals surface area contributed by atoms with Gasteiger partial charge in [-0.05, 0) is 18.1 Å². The number of nitrogens with one attached hydrogen (secondary N) is 1. The van der Waals surface area contributed by atoms with Crippen molar-refractivity contribution in [3.63, 3.8) is 0 Å². The monoisotopic (exact) mass is 196 g/mol. The molecular weight excluding hydrogens is 182 g/mol. The Kier molecular flexibility index (Phi) is 3.39. The molecule has 1 N–H and O–H groups in total. The fourth-order valence-electron chi connectivity index (χ4n) is 1.49. The van der Waals surface area contributed by atoms with Crippen molar-refractivity contribution in [2.45, 2.75) is 6.42 Å². The molecule has 0 saturated heterocycles. The van der Waals surface area contributed by atoms with Crippen molar-refractivity contribution in [1.82, 2.24) is 0 Å². The highest BCUT2D eigenvalue weighted by atomic mass is 14.9. The van der Waals surface area contributed by atoms with Gasteiger partial charge in [-0.3, -0.25) is 0 Å². The maximum atomic E-state index is 3.34. The molecule has 1 heteroatoms. The molecule has 1 nitrogen and oxygen atoms in total. The molecular formula is C14H14N. The van der Waals surface area contributed by atoms with Crippen LogP contribution in [0.25, 0.3) is 0 Å². The van der Waals surface area contributed by atoms with E-state index in [1.165, 1.54) is 5.56 Å². The quantitative estimate of drug-likeness (QED) is 0.792. The number of benzene rings is 2. The van der Waals surface area contributed by atoms with Gasteiger partial charge in [-0.2, -0.15) is 0 Å². The lowest BCUT2D eigenvalue weighted by Gasteiger charge is -2.05. The number of hydrogen-bond donors (Lipinski definition) is 1. The predicted molar refractivity (Wildman–Crippen MR) is 63.9 cm³/mol. The zero-order valence-corrected chi connectivity index (χ0v) is 8.61. The molecule has 0 heterocycles. The molecule has 0 bridgehead atoms. The molecule has 0 aliphatic heterocycles. The first-order valence-corrected chi connectivity index (χ1v) is 5.20. The summed E-state index contributed by atoms with van der Waals surface area (Å²) >= 11 is 0. The van der Waals surface area contributed by atoms with Gasteiger partial charge in [-0.1, -0.05) is 48.5 Å². The van der Waals surface area contributed by atoms with Crippen LogP contribution in [-0.4, -0.2) is 6.54 Å². The van der Waals surface area contributed by atoms with Crippen LogP contribution in [0.2, 0.25) is 0 Å². The molecule has 2 rings (SSSR count). The molecule has 1 radical (unpaired) electrons. The van der Waals surface area contributed by atoms with E-state index >= 15 is 0 Å². The Morgan fingerprint density at radius 3 is 2.47 bits per heavy atom. The molecule has 0 saturated carbocycles. The highest BCUT2D eigenvalue weighted by molar-refractivity contribution is 5.41. The van der Waals surface area contributed by atoms with E-state index in [2.05, 4.69) is 35.6 Å². The van der Waals surface area contributed by atoms with Gasteiger partial charge in [-0.15, -0.1) is 0 Å². The van der Waals surface area contributed by atoms with E-state index < -0.39 is 0 Å². The minimum Gasteiger partial charge on any atom is -0.384 e. The van der Waals surface area contributed by atoms with Crippen LogP contribution in [-0.2, 0) is 6.42 Å². The SMILES string of the molecule is [c]1ccccc1NCCc1ccccc1. The minimum absolute atomic E-state index is 0.949. The Bertz CT molecular complexity index is 341. The van der Waals surface area contributed by atoms with E-state index in [1.54, 1.807) is 0 Å². The molecule has 0 aromatic heterocycles. The molecule has 75 valence electrons. The van der Waals surface area contributed by atoms with E-state index in [4.69, 9.17) is 0 Å². The predicted octanol–water partition coefficient (Wildman–Crippen LogP) is 3.14. The lowest BCUT2D eigenvalue weighted by Crippen LogP contribution is -2.04. The lowest BCUT2D eigenvalue weighted by atomic mass is 10.1. The molecule has 0 unspecified atom stereocenters. The van der Waals surface area contributed by atoms with E-state index in [0.717, 1.165) is 18.7 Å². The Hall–Kier alpha value is -1.76. The number of anilines is 1. The van der Waals surface area contributed by atoms with Crippen molar-refractivity contribution in [2.75, 3.05) is 11.9 Å². The van der Waals surface area contributed by atoms with Crippen LogP contribution >= 0.6 is 0 Å². The Morgan fingerprint density at radius 1 is 0.933 bits per heavy atom. The summed E-state index contributed by atoms with van der Waals surface area (Å²) in [7, 11) is 0. The van der Waals surface area contributed by atoms with Crippen LogP contribution in [0.1, 0.15) is 5.56 Å². The Balaban J connectivity index is 1.81. The third-order valence-electron chi connectivity index (χ3n) is 2.28. The van der Waals surface area contributed by atoms with Gasteiger partial charge < -0.3 is 5.32 Å². The number of rotatable bonds is 4. The van der Waals surface area contributed by atoms with Gasteiger partial charge in [0.1, 0.15) is 0 Å². The van der Waals surface area contributed by atoms with Gasteiger partial charge in [0.05, 0.1) is 0 Å². The number of para-hydroxylation sites is 1. The highest BCUT2D eigenvalue weighted by Gasteiger charge is 1.92. The molecule has 0 aliphatic carbocycles. The van der Waals surface area contributed by atoms with Crippen molar-refractivity contribution in [2.24, 2.45) is 0 Å². The van der Waals surface area contributed by atoms with Crippen molar-refractivity contribution in [1.29, 1.82) is 0 Å². The normalized spacial score (nSPS) is 9.87. The van der Waals surface area contributed by atoms with E-state index in [1.807, 2.05) is 30.3 Å². The summed E-state index contributed by atoms with van der Waals surface area (Å²) in [6.45, 7) is 0.949. The summed E-state index contributed by atoms with van der Waals surface area (Å²) < 4.78 is 0. The molecule has 0 atom stereocenters. The second-order valence-electron chi connectivity index (χ2n) is 3.44. The van der Waals surface area contributed by atoms with Gasteiger partial charge in [-0.25, -0.2) is 0 Å². The van der Waals surface area contributed by atoms with Crippen molar-refractivity contribution >= 4 is 5.69 Å². The number of hydrogen-bond acceptors (Lipinski definition) is 1. The van der Waals surface area contributed by atoms with E-state index in [-0.39, 0.29) is 0 Å². The van der Waals surface area contributed by atoms with Crippen LogP contribution in [0.5, 0.6) is 0 Å². The van der Waals surface area contributed by atoms with Crippen LogP contribution in [0.4, 0.5) is 5.69 Å². The summed E-state index contributed by atoms with van der Waals surface area (Å²) in [5, 5.41) is 3.34. The fraction of sp³-hybridized carbons (Fsp3) is 0.143. The second kappa shape index (κ2) is 5.20. The van der Waals surface area contributed by atoms with E-state index in [9.17, 15) is 0 Å². The summed E-state index contributed by atoms with van der Waals surface area (Å²) in [5.41, 5.74) is 2.43. The molecule has 2 aromatic rings. The van der Waals surface area contributed by atoms with Crippen molar-refractivity contribution < 1.29 is 0 Å². The molecule has 2 aromatic carbocycles. The van der Waals surface area contributed by atoms with Gasteiger partial charge in [0.2, 0.25) is 0 Å². The average molecular weight is 196 g/mol. The lowest BCUT2D eigenvalue weighted by molar-refractivity contribution is 1.02. The maximum Gasteiger partial charge on any atom is 0.0420 e. The van der Waals surface area contributed by atoms with Gasteiger partial charge >= 0.3 is 0 Å². The van der Waals surface area contributed by atoms with Crippen LogP contribution in [0.3, 0.4) is 0 Å². The minimum atomic E-state index is 0.949. The summed E-state index contributed by atoms with van der Waals surface area (Å²) in [6.07, 6.45) is 1.05. The molecule has 0 aliphatic rings. The summed E-state index contributed by atoms with van der Waals surface area (Å²) in [6, 6.07) is 21.6. The summed E-state index contributed by atoms with van der Waals surface area (Å²) in [4.78, 5) is 0. The first kappa shape index (κ1) is 9.78. The molecule has 0 fully saturated rings. The summed E-state index contributed by atoms with van der Waals surface area (Å²) in [5.74, 6) is 0. The largest absolute Gasteiger partial charge is 0.384 e. The average Bonchev–Trinajstić information content (AvgIpc) is 2.32.